The Morgan fingerprint density at radius 1 is 1.12 bits per heavy atom. The number of carbonyl (C=O) groups excluding carboxylic acids is 4. The van der Waals surface area contributed by atoms with E-state index >= 15 is 0 Å². The second-order valence-corrected chi connectivity index (χ2v) is 10.6. The van der Waals surface area contributed by atoms with E-state index in [2.05, 4.69) is 5.32 Å². The van der Waals surface area contributed by atoms with Gasteiger partial charge in [0.25, 0.3) is 0 Å². The largest absolute Gasteiger partial charge is 0.493 e. The number of piperazine rings is 1. The maximum Gasteiger partial charge on any atom is 0.307 e. The summed E-state index contributed by atoms with van der Waals surface area (Å²) in [5, 5.41) is 12.2. The fourth-order valence-corrected chi connectivity index (χ4v) is 5.47. The average Bonchev–Trinajstić information content (AvgIpc) is 3.27. The molecule has 3 amide bonds. The predicted octanol–water partition coefficient (Wildman–Crippen LogP) is 2.77. The van der Waals surface area contributed by atoms with E-state index in [1.807, 2.05) is 30.3 Å². The number of carbonyl (C=O) groups is 4. The summed E-state index contributed by atoms with van der Waals surface area (Å²) in [5.41, 5.74) is 2.27. The minimum absolute atomic E-state index is 0.00790. The van der Waals surface area contributed by atoms with Crippen molar-refractivity contribution in [2.45, 2.75) is 64.6 Å². The van der Waals surface area contributed by atoms with Gasteiger partial charge in [0.15, 0.2) is 0 Å². The number of aryl methyl sites for hydroxylation is 1. The summed E-state index contributed by atoms with van der Waals surface area (Å²) < 4.78 is 11.1. The van der Waals surface area contributed by atoms with Crippen molar-refractivity contribution >= 4 is 29.4 Å². The maximum absolute atomic E-state index is 13.7. The zero-order valence-corrected chi connectivity index (χ0v) is 23.9. The summed E-state index contributed by atoms with van der Waals surface area (Å²) in [5.74, 6) is -1.03. The van der Waals surface area contributed by atoms with Crippen LogP contribution in [0.1, 0.15) is 57.2 Å². The molecule has 0 spiro atoms. The number of hydrogen-bond donors (Lipinski definition) is 2. The van der Waals surface area contributed by atoms with Crippen LogP contribution in [0.2, 0.25) is 0 Å². The molecule has 0 bridgehead atoms. The van der Waals surface area contributed by atoms with Gasteiger partial charge in [-0.2, -0.15) is 0 Å². The fraction of sp³-hybridized carbons (Fsp3) is 0.484. The number of hydrogen-bond acceptors (Lipinski definition) is 7. The Labute approximate surface area is 240 Å². The number of amides is 3. The third-order valence-electron chi connectivity index (χ3n) is 7.47. The molecular weight excluding hydrogens is 526 g/mol. The second-order valence-electron chi connectivity index (χ2n) is 10.6. The zero-order chi connectivity index (χ0) is 29.5. The maximum atomic E-state index is 13.7. The van der Waals surface area contributed by atoms with Crippen LogP contribution in [0.25, 0.3) is 0 Å². The van der Waals surface area contributed by atoms with Crippen LogP contribution in [0.4, 0.5) is 5.69 Å². The molecule has 4 rings (SSSR count). The van der Waals surface area contributed by atoms with Gasteiger partial charge in [-0.05, 0) is 37.1 Å². The van der Waals surface area contributed by atoms with Gasteiger partial charge in [0.2, 0.25) is 17.7 Å². The van der Waals surface area contributed by atoms with E-state index in [1.54, 1.807) is 43.9 Å². The van der Waals surface area contributed by atoms with E-state index < -0.39 is 24.1 Å². The monoisotopic (exact) mass is 565 g/mol. The first kappa shape index (κ1) is 30.0. The number of esters is 1. The SMILES string of the molecule is CCOC(=O)CC1[C@@H]2[C@@H](NC(=O)C(C)C)c3cc(OCCCO)ccc3N2C(=O)CN1C(=O)CCc1ccccc1. The molecule has 2 N–H and O–H groups in total. The molecule has 0 aromatic heterocycles. The van der Waals surface area contributed by atoms with Crippen LogP contribution in [0.3, 0.4) is 0 Å². The highest BCUT2D eigenvalue weighted by Crippen LogP contribution is 2.46. The van der Waals surface area contributed by atoms with Crippen molar-refractivity contribution in [1.29, 1.82) is 0 Å². The Hall–Kier alpha value is -3.92. The van der Waals surface area contributed by atoms with Gasteiger partial charge in [-0.1, -0.05) is 44.2 Å². The number of nitrogens with zero attached hydrogens (tertiary/aromatic N) is 2. The van der Waals surface area contributed by atoms with E-state index in [4.69, 9.17) is 14.6 Å². The van der Waals surface area contributed by atoms with E-state index in [0.717, 1.165) is 5.56 Å². The molecule has 0 radical (unpaired) electrons. The van der Waals surface area contributed by atoms with Crippen LogP contribution < -0.4 is 15.0 Å². The Balaban J connectivity index is 1.71. The molecule has 41 heavy (non-hydrogen) atoms. The molecule has 1 saturated heterocycles. The molecular formula is C31H39N3O7. The predicted molar refractivity (Wildman–Crippen MR) is 152 cm³/mol. The van der Waals surface area contributed by atoms with Crippen LogP contribution in [-0.2, 0) is 30.3 Å². The topological polar surface area (TPSA) is 125 Å². The van der Waals surface area contributed by atoms with Crippen molar-refractivity contribution in [2.75, 3.05) is 31.3 Å². The van der Waals surface area contributed by atoms with Crippen molar-refractivity contribution in [3.05, 3.63) is 59.7 Å². The van der Waals surface area contributed by atoms with Crippen LogP contribution in [0, 0.1) is 5.92 Å². The Morgan fingerprint density at radius 3 is 2.56 bits per heavy atom. The lowest BCUT2D eigenvalue weighted by atomic mass is 9.91. The van der Waals surface area contributed by atoms with E-state index in [-0.39, 0.29) is 56.2 Å². The summed E-state index contributed by atoms with van der Waals surface area (Å²) in [6.07, 6.45) is 0.996. The summed E-state index contributed by atoms with van der Waals surface area (Å²) in [4.78, 5) is 56.3. The van der Waals surface area contributed by atoms with Crippen molar-refractivity contribution < 1.29 is 33.8 Å². The second kappa shape index (κ2) is 13.6. The minimum atomic E-state index is -0.723. The number of aliphatic hydroxyl groups is 1. The Kier molecular flexibility index (Phi) is 9.99. The molecule has 1 fully saturated rings. The molecule has 1 unspecified atom stereocenters. The number of ether oxygens (including phenoxy) is 2. The molecule has 10 nitrogen and oxygen atoms in total. The van der Waals surface area contributed by atoms with Crippen LogP contribution in [0.15, 0.2) is 48.5 Å². The van der Waals surface area contributed by atoms with Gasteiger partial charge in [0, 0.05) is 36.6 Å². The average molecular weight is 566 g/mol. The van der Waals surface area contributed by atoms with Gasteiger partial charge in [-0.25, -0.2) is 0 Å². The molecule has 10 heteroatoms. The number of anilines is 1. The highest BCUT2D eigenvalue weighted by molar-refractivity contribution is 6.02. The molecule has 220 valence electrons. The molecule has 2 aromatic rings. The fourth-order valence-electron chi connectivity index (χ4n) is 5.47. The van der Waals surface area contributed by atoms with Gasteiger partial charge in [-0.15, -0.1) is 0 Å². The lowest BCUT2D eigenvalue weighted by Crippen LogP contribution is -2.65. The number of fused-ring (bicyclic) bond motifs is 3. The molecule has 0 saturated carbocycles. The van der Waals surface area contributed by atoms with Crippen molar-refractivity contribution in [3.63, 3.8) is 0 Å². The summed E-state index contributed by atoms with van der Waals surface area (Å²) >= 11 is 0. The highest BCUT2D eigenvalue weighted by Gasteiger charge is 2.53. The molecule has 2 aromatic carbocycles. The Bertz CT molecular complexity index is 1250. The zero-order valence-electron chi connectivity index (χ0n) is 23.9. The first-order valence-electron chi connectivity index (χ1n) is 14.2. The summed E-state index contributed by atoms with van der Waals surface area (Å²) in [6, 6.07) is 12.8. The van der Waals surface area contributed by atoms with Crippen molar-refractivity contribution in [2.24, 2.45) is 5.92 Å². The molecule has 2 aliphatic heterocycles. The van der Waals surface area contributed by atoms with Gasteiger partial charge >= 0.3 is 5.97 Å². The van der Waals surface area contributed by atoms with E-state index in [0.29, 0.717) is 36.4 Å². The van der Waals surface area contributed by atoms with Crippen LogP contribution in [0.5, 0.6) is 5.75 Å². The minimum Gasteiger partial charge on any atom is -0.493 e. The van der Waals surface area contributed by atoms with Gasteiger partial charge in [0.05, 0.1) is 37.8 Å². The van der Waals surface area contributed by atoms with Gasteiger partial charge in [-0.3, -0.25) is 19.2 Å². The van der Waals surface area contributed by atoms with Crippen molar-refractivity contribution in [1.82, 2.24) is 10.2 Å². The van der Waals surface area contributed by atoms with E-state index in [9.17, 15) is 19.2 Å². The molecule has 2 aliphatic rings. The molecule has 3 atom stereocenters. The standard InChI is InChI=1S/C31H39N3O7/c1-4-40-28(38)18-25-30-29(32-31(39)20(2)3)23-17-22(41-16-8-15-35)12-13-24(23)34(30)27(37)19-33(25)26(36)14-11-21-9-6-5-7-10-21/h5-7,9-10,12-13,17,20,25,29-30,35H,4,8,11,14-16,18-19H2,1-3H3,(H,32,39)/t25?,29-,30+/m0/s1. The number of nitrogens with one attached hydrogen (secondary N) is 1. The lowest BCUT2D eigenvalue weighted by Gasteiger charge is -2.45. The number of benzene rings is 2. The highest BCUT2D eigenvalue weighted by atomic mass is 16.5. The van der Waals surface area contributed by atoms with Gasteiger partial charge in [0.1, 0.15) is 12.3 Å². The Morgan fingerprint density at radius 2 is 1.88 bits per heavy atom. The summed E-state index contributed by atoms with van der Waals surface area (Å²) in [7, 11) is 0. The number of aliphatic hydroxyl groups excluding tert-OH is 1. The number of rotatable bonds is 12. The quantitative estimate of drug-likeness (QED) is 0.299. The van der Waals surface area contributed by atoms with E-state index in [1.165, 1.54) is 4.90 Å². The molecule has 2 heterocycles. The molecule has 0 aliphatic carbocycles. The lowest BCUT2D eigenvalue weighted by molar-refractivity contribution is -0.149. The van der Waals surface area contributed by atoms with Crippen molar-refractivity contribution in [3.8, 4) is 5.75 Å². The van der Waals surface area contributed by atoms with Crippen LogP contribution in [-0.4, -0.2) is 72.1 Å². The first-order valence-corrected chi connectivity index (χ1v) is 14.2. The van der Waals surface area contributed by atoms with Gasteiger partial charge < -0.3 is 29.7 Å². The van der Waals surface area contributed by atoms with Crippen LogP contribution >= 0.6 is 0 Å². The smallest absolute Gasteiger partial charge is 0.307 e. The summed E-state index contributed by atoms with van der Waals surface area (Å²) in [6.45, 7) is 5.56. The normalized spacial score (nSPS) is 19.5. The third kappa shape index (κ3) is 6.87. The first-order chi connectivity index (χ1) is 19.7. The third-order valence-corrected chi connectivity index (χ3v) is 7.47.